The Hall–Kier alpha value is 0.110. The molecule has 0 amide bonds. The summed E-state index contributed by atoms with van der Waals surface area (Å²) in [5.41, 5.74) is 0. The second kappa shape index (κ2) is 11.2. The van der Waals surface area contributed by atoms with Gasteiger partial charge in [-0.3, -0.25) is 9.78 Å². The summed E-state index contributed by atoms with van der Waals surface area (Å²) in [5.74, 6) is 0. The molecule has 0 fully saturated rings. The Morgan fingerprint density at radius 3 is 2.12 bits per heavy atom. The average Bonchev–Trinajstić information content (AvgIpc) is 2.91. The second-order valence-electron chi connectivity index (χ2n) is 2.70. The SMILES string of the molecule is Brc1cn[nH]c1.CCI.CCn1cc(Br)cn1. The van der Waals surface area contributed by atoms with Crippen molar-refractivity contribution in [1.29, 1.82) is 0 Å². The van der Waals surface area contributed by atoms with Crippen LogP contribution in [0.2, 0.25) is 0 Å². The molecular formula is C10H15Br2IN4. The molecular weight excluding hydrogens is 463 g/mol. The number of aromatic amines is 1. The van der Waals surface area contributed by atoms with E-state index in [2.05, 4.69) is 83.6 Å². The number of halogens is 3. The lowest BCUT2D eigenvalue weighted by molar-refractivity contribution is 0.659. The first kappa shape index (κ1) is 17.1. The Kier molecular flexibility index (Phi) is 11.3. The Labute approximate surface area is 132 Å². The first-order valence-corrected chi connectivity index (χ1v) is 8.13. The highest BCUT2D eigenvalue weighted by Crippen LogP contribution is 2.05. The van der Waals surface area contributed by atoms with Crippen molar-refractivity contribution in [3.63, 3.8) is 0 Å². The Bertz CT molecular complexity index is 375. The third-order valence-corrected chi connectivity index (χ3v) is 2.23. The van der Waals surface area contributed by atoms with E-state index in [0.29, 0.717) is 0 Å². The molecule has 0 atom stereocenters. The molecule has 0 unspecified atom stereocenters. The smallest absolute Gasteiger partial charge is 0.0632 e. The number of alkyl halides is 1. The van der Waals surface area contributed by atoms with Crippen molar-refractivity contribution in [2.75, 3.05) is 4.43 Å². The van der Waals surface area contributed by atoms with Crippen LogP contribution in [0.4, 0.5) is 0 Å². The molecule has 1 N–H and O–H groups in total. The zero-order valence-corrected chi connectivity index (χ0v) is 15.0. The highest BCUT2D eigenvalue weighted by molar-refractivity contribution is 14.1. The average molecular weight is 478 g/mol. The minimum Gasteiger partial charge on any atom is -0.285 e. The van der Waals surface area contributed by atoms with Crippen molar-refractivity contribution >= 4 is 54.5 Å². The maximum Gasteiger partial charge on any atom is 0.0632 e. The zero-order chi connectivity index (χ0) is 13.1. The van der Waals surface area contributed by atoms with E-state index >= 15 is 0 Å². The standard InChI is InChI=1S/C5H7BrN2.C3H3BrN2.C2H5I/c1-2-8-4-5(6)3-7-8;4-3-1-5-6-2-3;1-2-3/h3-4H,2H2,1H3;1-2H,(H,5,6);2H2,1H3. The van der Waals surface area contributed by atoms with E-state index in [1.54, 1.807) is 18.6 Å². The molecule has 96 valence electrons. The molecule has 0 aromatic carbocycles. The number of H-pyrrole nitrogens is 1. The third kappa shape index (κ3) is 9.78. The minimum atomic E-state index is 0.936. The highest BCUT2D eigenvalue weighted by atomic mass is 127. The van der Waals surface area contributed by atoms with Crippen LogP contribution >= 0.6 is 54.5 Å². The topological polar surface area (TPSA) is 46.5 Å². The number of rotatable bonds is 1. The van der Waals surface area contributed by atoms with E-state index < -0.39 is 0 Å². The Morgan fingerprint density at radius 1 is 1.29 bits per heavy atom. The number of nitrogens with zero attached hydrogens (tertiary/aromatic N) is 3. The maximum absolute atomic E-state index is 4.00. The lowest BCUT2D eigenvalue weighted by atomic mass is 10.7. The van der Waals surface area contributed by atoms with E-state index in [9.17, 15) is 0 Å². The summed E-state index contributed by atoms with van der Waals surface area (Å²) in [6, 6.07) is 0. The van der Waals surface area contributed by atoms with E-state index in [1.165, 1.54) is 4.43 Å². The fourth-order valence-electron chi connectivity index (χ4n) is 0.746. The van der Waals surface area contributed by atoms with Gasteiger partial charge in [0, 0.05) is 18.9 Å². The van der Waals surface area contributed by atoms with Gasteiger partial charge in [0.2, 0.25) is 0 Å². The third-order valence-electron chi connectivity index (χ3n) is 1.39. The van der Waals surface area contributed by atoms with Gasteiger partial charge in [0.05, 0.1) is 21.3 Å². The molecule has 0 spiro atoms. The molecule has 17 heavy (non-hydrogen) atoms. The van der Waals surface area contributed by atoms with Gasteiger partial charge in [-0.15, -0.1) is 0 Å². The zero-order valence-electron chi connectivity index (χ0n) is 9.70. The number of aromatic nitrogens is 4. The van der Waals surface area contributed by atoms with Crippen molar-refractivity contribution in [2.45, 2.75) is 20.4 Å². The minimum absolute atomic E-state index is 0.936. The van der Waals surface area contributed by atoms with Gasteiger partial charge in [0.1, 0.15) is 0 Å². The first-order valence-electron chi connectivity index (χ1n) is 5.02. The molecule has 0 saturated heterocycles. The molecule has 0 aliphatic carbocycles. The molecule has 4 nitrogen and oxygen atoms in total. The number of nitrogens with one attached hydrogen (secondary N) is 1. The van der Waals surface area contributed by atoms with Gasteiger partial charge in [-0.1, -0.05) is 29.5 Å². The second-order valence-corrected chi connectivity index (χ2v) is 6.05. The van der Waals surface area contributed by atoms with Gasteiger partial charge < -0.3 is 0 Å². The predicted molar refractivity (Wildman–Crippen MR) is 86.4 cm³/mol. The maximum atomic E-state index is 4.00. The van der Waals surface area contributed by atoms with E-state index in [0.717, 1.165) is 15.5 Å². The quantitative estimate of drug-likeness (QED) is 0.492. The van der Waals surface area contributed by atoms with Gasteiger partial charge >= 0.3 is 0 Å². The largest absolute Gasteiger partial charge is 0.285 e. The lowest BCUT2D eigenvalue weighted by Crippen LogP contribution is -1.91. The Balaban J connectivity index is 0.000000252. The Morgan fingerprint density at radius 2 is 1.94 bits per heavy atom. The predicted octanol–water partition coefficient (Wildman–Crippen LogP) is 4.28. The van der Waals surface area contributed by atoms with Crippen molar-refractivity contribution in [3.8, 4) is 0 Å². The molecule has 0 radical (unpaired) electrons. The van der Waals surface area contributed by atoms with Crippen molar-refractivity contribution in [3.05, 3.63) is 33.7 Å². The summed E-state index contributed by atoms with van der Waals surface area (Å²) < 4.78 is 5.11. The number of aryl methyl sites for hydroxylation is 1. The number of hydrogen-bond donors (Lipinski definition) is 1. The summed E-state index contributed by atoms with van der Waals surface area (Å²) >= 11 is 8.77. The molecule has 7 heteroatoms. The summed E-state index contributed by atoms with van der Waals surface area (Å²) in [6.45, 7) is 5.10. The molecule has 2 heterocycles. The van der Waals surface area contributed by atoms with Crippen LogP contribution in [-0.2, 0) is 6.54 Å². The van der Waals surface area contributed by atoms with Crippen molar-refractivity contribution in [1.82, 2.24) is 20.0 Å². The summed E-state index contributed by atoms with van der Waals surface area (Å²) in [6.07, 6.45) is 7.18. The van der Waals surface area contributed by atoms with Gasteiger partial charge in [-0.2, -0.15) is 10.2 Å². The van der Waals surface area contributed by atoms with Crippen LogP contribution in [0.5, 0.6) is 0 Å². The fraction of sp³-hybridized carbons (Fsp3) is 0.400. The summed E-state index contributed by atoms with van der Waals surface area (Å²) in [7, 11) is 0. The van der Waals surface area contributed by atoms with Crippen LogP contribution in [0, 0.1) is 0 Å². The molecule has 2 aromatic heterocycles. The van der Waals surface area contributed by atoms with Gasteiger partial charge in [-0.25, -0.2) is 0 Å². The van der Waals surface area contributed by atoms with Crippen LogP contribution < -0.4 is 0 Å². The fourth-order valence-corrected chi connectivity index (χ4v) is 1.28. The van der Waals surface area contributed by atoms with E-state index in [1.807, 2.05) is 10.9 Å². The summed E-state index contributed by atoms with van der Waals surface area (Å²) in [4.78, 5) is 0. The van der Waals surface area contributed by atoms with E-state index in [-0.39, 0.29) is 0 Å². The van der Waals surface area contributed by atoms with Crippen LogP contribution in [0.25, 0.3) is 0 Å². The molecule has 2 aromatic rings. The summed E-state index contributed by atoms with van der Waals surface area (Å²) in [5, 5.41) is 10.3. The van der Waals surface area contributed by atoms with Gasteiger partial charge in [0.25, 0.3) is 0 Å². The monoisotopic (exact) mass is 476 g/mol. The van der Waals surface area contributed by atoms with Gasteiger partial charge in [-0.05, 0) is 43.2 Å². The van der Waals surface area contributed by atoms with Crippen LogP contribution in [0.1, 0.15) is 13.8 Å². The van der Waals surface area contributed by atoms with Crippen molar-refractivity contribution in [2.24, 2.45) is 0 Å². The molecule has 0 saturated carbocycles. The lowest BCUT2D eigenvalue weighted by Gasteiger charge is -1.88. The van der Waals surface area contributed by atoms with Gasteiger partial charge in [0.15, 0.2) is 0 Å². The first-order chi connectivity index (χ1) is 8.13. The number of hydrogen-bond acceptors (Lipinski definition) is 2. The molecule has 0 aliphatic rings. The molecule has 2 rings (SSSR count). The highest BCUT2D eigenvalue weighted by Gasteiger charge is 1.87. The molecule has 0 aliphatic heterocycles. The van der Waals surface area contributed by atoms with E-state index in [4.69, 9.17) is 0 Å². The van der Waals surface area contributed by atoms with Crippen LogP contribution in [0.3, 0.4) is 0 Å². The van der Waals surface area contributed by atoms with Crippen molar-refractivity contribution < 1.29 is 0 Å². The normalized spacial score (nSPS) is 8.76. The van der Waals surface area contributed by atoms with Crippen LogP contribution in [-0.4, -0.2) is 24.4 Å². The van der Waals surface area contributed by atoms with Crippen LogP contribution in [0.15, 0.2) is 33.7 Å². The molecule has 0 bridgehead atoms.